The molecule has 2 rings (SSSR count). The Bertz CT molecular complexity index is 584. The van der Waals surface area contributed by atoms with Gasteiger partial charge in [0.05, 0.1) is 6.61 Å². The van der Waals surface area contributed by atoms with E-state index in [-0.39, 0.29) is 11.7 Å². The Morgan fingerprint density at radius 2 is 1.81 bits per heavy atom. The van der Waals surface area contributed by atoms with E-state index in [1.54, 1.807) is 0 Å². The van der Waals surface area contributed by atoms with Crippen LogP contribution in [-0.2, 0) is 0 Å². The number of halogens is 2. The fourth-order valence-corrected chi connectivity index (χ4v) is 2.16. The van der Waals surface area contributed by atoms with Crippen molar-refractivity contribution >= 4 is 0 Å². The molecule has 0 bridgehead atoms. The van der Waals surface area contributed by atoms with Crippen LogP contribution >= 0.6 is 0 Å². The van der Waals surface area contributed by atoms with E-state index in [9.17, 15) is 8.78 Å². The first kappa shape index (κ1) is 15.4. The van der Waals surface area contributed by atoms with Crippen molar-refractivity contribution in [2.24, 2.45) is 5.73 Å². The maximum absolute atomic E-state index is 13.4. The van der Waals surface area contributed by atoms with Gasteiger partial charge in [0.1, 0.15) is 5.82 Å². The molecular formula is C17H19F2NO. The second-order valence-electron chi connectivity index (χ2n) is 5.06. The lowest BCUT2D eigenvalue weighted by Gasteiger charge is -2.16. The number of nitrogens with two attached hydrogens (primary N) is 1. The molecule has 0 aliphatic rings. The topological polar surface area (TPSA) is 35.2 Å². The van der Waals surface area contributed by atoms with E-state index in [2.05, 4.69) is 0 Å². The Morgan fingerprint density at radius 3 is 2.43 bits per heavy atom. The highest BCUT2D eigenvalue weighted by Crippen LogP contribution is 2.22. The van der Waals surface area contributed by atoms with Crippen LogP contribution in [0.4, 0.5) is 8.78 Å². The second kappa shape index (κ2) is 7.18. The molecule has 0 spiro atoms. The van der Waals surface area contributed by atoms with E-state index in [1.807, 2.05) is 31.2 Å². The lowest BCUT2D eigenvalue weighted by molar-refractivity contribution is 0.284. The molecule has 21 heavy (non-hydrogen) atoms. The highest BCUT2D eigenvalue weighted by Gasteiger charge is 2.11. The van der Waals surface area contributed by atoms with Crippen molar-refractivity contribution in [1.82, 2.24) is 0 Å². The van der Waals surface area contributed by atoms with Crippen LogP contribution in [0.5, 0.6) is 5.75 Å². The van der Waals surface area contributed by atoms with E-state index >= 15 is 0 Å². The highest BCUT2D eigenvalue weighted by molar-refractivity contribution is 5.26. The first-order valence-corrected chi connectivity index (χ1v) is 6.94. The van der Waals surface area contributed by atoms with Crippen LogP contribution in [0.3, 0.4) is 0 Å². The molecule has 0 fully saturated rings. The van der Waals surface area contributed by atoms with Crippen molar-refractivity contribution in [3.63, 3.8) is 0 Å². The maximum atomic E-state index is 13.4. The van der Waals surface area contributed by atoms with Gasteiger partial charge in [0.2, 0.25) is 0 Å². The third-order valence-corrected chi connectivity index (χ3v) is 3.45. The van der Waals surface area contributed by atoms with Gasteiger partial charge in [-0.2, -0.15) is 0 Å². The Morgan fingerprint density at radius 1 is 1.10 bits per heavy atom. The molecule has 1 atom stereocenters. The van der Waals surface area contributed by atoms with E-state index in [0.29, 0.717) is 19.6 Å². The fraction of sp³-hybridized carbons (Fsp3) is 0.294. The van der Waals surface area contributed by atoms with Crippen molar-refractivity contribution < 1.29 is 13.5 Å². The summed E-state index contributed by atoms with van der Waals surface area (Å²) in [4.78, 5) is 0. The summed E-state index contributed by atoms with van der Waals surface area (Å²) in [6.07, 6.45) is 0.677. The van der Waals surface area contributed by atoms with Gasteiger partial charge >= 0.3 is 0 Å². The number of ether oxygens (including phenoxy) is 1. The molecule has 2 aromatic rings. The minimum atomic E-state index is -0.686. The van der Waals surface area contributed by atoms with E-state index in [4.69, 9.17) is 10.5 Å². The molecule has 0 aliphatic heterocycles. The van der Waals surface area contributed by atoms with Crippen LogP contribution in [0.15, 0.2) is 42.5 Å². The summed E-state index contributed by atoms with van der Waals surface area (Å²) in [5.74, 6) is -1.07. The fourth-order valence-electron chi connectivity index (χ4n) is 2.16. The molecule has 2 nitrogen and oxygen atoms in total. The Kier molecular flexibility index (Phi) is 5.28. The number of hydrogen-bond acceptors (Lipinski definition) is 2. The van der Waals surface area contributed by atoms with Gasteiger partial charge < -0.3 is 10.5 Å². The minimum absolute atomic E-state index is 0.0658. The zero-order chi connectivity index (χ0) is 15.2. The SMILES string of the molecule is Cc1ccc(C(CN)CCOc2ccc(F)cc2F)cc1. The number of aryl methyl sites for hydroxylation is 1. The molecule has 2 aromatic carbocycles. The standard InChI is InChI=1S/C17H19F2NO/c1-12-2-4-13(5-3-12)14(11-20)8-9-21-17-7-6-15(18)10-16(17)19/h2-7,10,14H,8-9,11,20H2,1H3. The summed E-state index contributed by atoms with van der Waals surface area (Å²) in [6.45, 7) is 2.86. The summed E-state index contributed by atoms with van der Waals surface area (Å²) in [5, 5.41) is 0. The molecule has 2 N–H and O–H groups in total. The largest absolute Gasteiger partial charge is 0.490 e. The van der Waals surface area contributed by atoms with Crippen LogP contribution in [0.25, 0.3) is 0 Å². The highest BCUT2D eigenvalue weighted by atomic mass is 19.1. The first-order chi connectivity index (χ1) is 10.1. The lowest BCUT2D eigenvalue weighted by atomic mass is 9.95. The van der Waals surface area contributed by atoms with Crippen LogP contribution < -0.4 is 10.5 Å². The summed E-state index contributed by atoms with van der Waals surface area (Å²) in [6, 6.07) is 11.5. The van der Waals surface area contributed by atoms with Crippen molar-refractivity contribution in [3.8, 4) is 5.75 Å². The van der Waals surface area contributed by atoms with Gasteiger partial charge in [-0.15, -0.1) is 0 Å². The number of hydrogen-bond donors (Lipinski definition) is 1. The van der Waals surface area contributed by atoms with Crippen molar-refractivity contribution in [2.45, 2.75) is 19.3 Å². The second-order valence-corrected chi connectivity index (χ2v) is 5.06. The van der Waals surface area contributed by atoms with E-state index in [0.717, 1.165) is 11.6 Å². The maximum Gasteiger partial charge on any atom is 0.167 e. The third-order valence-electron chi connectivity index (χ3n) is 3.45. The summed E-state index contributed by atoms with van der Waals surface area (Å²) < 4.78 is 31.6. The van der Waals surface area contributed by atoms with Crippen molar-refractivity contribution in [3.05, 3.63) is 65.2 Å². The van der Waals surface area contributed by atoms with Crippen LogP contribution in [0.1, 0.15) is 23.5 Å². The van der Waals surface area contributed by atoms with Crippen molar-refractivity contribution in [2.75, 3.05) is 13.2 Å². The first-order valence-electron chi connectivity index (χ1n) is 6.94. The minimum Gasteiger partial charge on any atom is -0.490 e. The van der Waals surface area contributed by atoms with Gasteiger partial charge in [0.25, 0.3) is 0 Å². The van der Waals surface area contributed by atoms with Crippen molar-refractivity contribution in [1.29, 1.82) is 0 Å². The molecule has 0 amide bonds. The quantitative estimate of drug-likeness (QED) is 0.879. The summed E-state index contributed by atoms with van der Waals surface area (Å²) in [5.41, 5.74) is 8.13. The van der Waals surface area contributed by atoms with Gasteiger partial charge in [-0.05, 0) is 43.5 Å². The predicted molar refractivity (Wildman–Crippen MR) is 79.4 cm³/mol. The molecule has 4 heteroatoms. The normalized spacial score (nSPS) is 12.2. The molecule has 0 heterocycles. The van der Waals surface area contributed by atoms with Gasteiger partial charge in [-0.3, -0.25) is 0 Å². The predicted octanol–water partition coefficient (Wildman–Crippen LogP) is 3.78. The molecule has 112 valence electrons. The van der Waals surface area contributed by atoms with Crippen LogP contribution in [0, 0.1) is 18.6 Å². The third kappa shape index (κ3) is 4.26. The molecule has 1 unspecified atom stereocenters. The molecular weight excluding hydrogens is 272 g/mol. The number of benzene rings is 2. The molecule has 0 saturated carbocycles. The van der Waals surface area contributed by atoms with Crippen LogP contribution in [0.2, 0.25) is 0 Å². The smallest absolute Gasteiger partial charge is 0.167 e. The average Bonchev–Trinajstić information content (AvgIpc) is 2.47. The molecule has 0 saturated heterocycles. The monoisotopic (exact) mass is 291 g/mol. The van der Waals surface area contributed by atoms with Gasteiger partial charge in [-0.25, -0.2) is 8.78 Å². The Labute approximate surface area is 123 Å². The number of rotatable bonds is 6. The Hall–Kier alpha value is -1.94. The summed E-state index contributed by atoms with van der Waals surface area (Å²) in [7, 11) is 0. The average molecular weight is 291 g/mol. The van der Waals surface area contributed by atoms with Gasteiger partial charge in [0, 0.05) is 6.07 Å². The molecule has 0 aliphatic carbocycles. The lowest BCUT2D eigenvalue weighted by Crippen LogP contribution is -2.15. The zero-order valence-corrected chi connectivity index (χ0v) is 12.0. The van der Waals surface area contributed by atoms with E-state index in [1.165, 1.54) is 17.7 Å². The molecule has 0 radical (unpaired) electrons. The van der Waals surface area contributed by atoms with E-state index < -0.39 is 11.6 Å². The zero-order valence-electron chi connectivity index (χ0n) is 12.0. The van der Waals surface area contributed by atoms with Crippen LogP contribution in [-0.4, -0.2) is 13.2 Å². The van der Waals surface area contributed by atoms with Gasteiger partial charge in [-0.1, -0.05) is 29.8 Å². The Balaban J connectivity index is 1.93. The summed E-state index contributed by atoms with van der Waals surface area (Å²) >= 11 is 0. The molecule has 0 aromatic heterocycles. The van der Waals surface area contributed by atoms with Gasteiger partial charge in [0.15, 0.2) is 11.6 Å².